The Morgan fingerprint density at radius 3 is 2.70 bits per heavy atom. The van der Waals surface area contributed by atoms with Gasteiger partial charge in [-0.1, -0.05) is 30.3 Å². The Labute approximate surface area is 159 Å². The molecule has 6 heteroatoms. The maximum absolute atomic E-state index is 12.5. The maximum atomic E-state index is 12.5. The number of piperidine rings is 1. The van der Waals surface area contributed by atoms with Gasteiger partial charge in [-0.05, 0) is 31.2 Å². The van der Waals surface area contributed by atoms with E-state index in [0.29, 0.717) is 6.42 Å². The number of rotatable bonds is 5. The largest absolute Gasteiger partial charge is 0.350 e. The molecule has 2 fully saturated rings. The van der Waals surface area contributed by atoms with Crippen LogP contribution in [-0.4, -0.2) is 44.9 Å². The second-order valence-corrected chi connectivity index (χ2v) is 7.72. The van der Waals surface area contributed by atoms with Crippen LogP contribution in [0.1, 0.15) is 43.6 Å². The van der Waals surface area contributed by atoms with Gasteiger partial charge in [0.05, 0.1) is 12.2 Å². The van der Waals surface area contributed by atoms with Crippen molar-refractivity contribution in [2.75, 3.05) is 13.1 Å². The van der Waals surface area contributed by atoms with Crippen molar-refractivity contribution in [3.8, 4) is 0 Å². The highest BCUT2D eigenvalue weighted by Crippen LogP contribution is 2.39. The van der Waals surface area contributed by atoms with Crippen LogP contribution in [0.4, 0.5) is 0 Å². The van der Waals surface area contributed by atoms with Crippen molar-refractivity contribution in [1.82, 2.24) is 19.8 Å². The molecule has 6 nitrogen and oxygen atoms in total. The van der Waals surface area contributed by atoms with Gasteiger partial charge in [-0.25, -0.2) is 4.98 Å². The number of carbonyl (C=O) groups is 2. The fourth-order valence-corrected chi connectivity index (χ4v) is 4.34. The molecule has 2 aromatic rings. The van der Waals surface area contributed by atoms with Crippen LogP contribution in [0.2, 0.25) is 0 Å². The summed E-state index contributed by atoms with van der Waals surface area (Å²) >= 11 is 0. The van der Waals surface area contributed by atoms with E-state index in [9.17, 15) is 9.59 Å². The highest BCUT2D eigenvalue weighted by atomic mass is 16.2. The van der Waals surface area contributed by atoms with Gasteiger partial charge in [0, 0.05) is 44.0 Å². The van der Waals surface area contributed by atoms with Crippen LogP contribution in [0.3, 0.4) is 0 Å². The van der Waals surface area contributed by atoms with E-state index >= 15 is 0 Å². The molecule has 1 aromatic carbocycles. The summed E-state index contributed by atoms with van der Waals surface area (Å²) in [6.07, 6.45) is 9.35. The summed E-state index contributed by atoms with van der Waals surface area (Å²) in [5, 5.41) is 3.25. The van der Waals surface area contributed by atoms with Crippen LogP contribution in [0.15, 0.2) is 49.1 Å². The number of likely N-dealkylation sites (tertiary alicyclic amines) is 1. The Balaban J connectivity index is 1.28. The number of amides is 2. The van der Waals surface area contributed by atoms with E-state index < -0.39 is 0 Å². The lowest BCUT2D eigenvalue weighted by Gasteiger charge is -2.39. The van der Waals surface area contributed by atoms with Gasteiger partial charge in [0.1, 0.15) is 0 Å². The molecular formula is C21H26N4O2. The van der Waals surface area contributed by atoms with Crippen molar-refractivity contribution >= 4 is 11.8 Å². The number of hydrogen-bond acceptors (Lipinski definition) is 3. The topological polar surface area (TPSA) is 67.2 Å². The lowest BCUT2D eigenvalue weighted by atomic mass is 9.82. The van der Waals surface area contributed by atoms with Gasteiger partial charge in [0.25, 0.3) is 0 Å². The molecule has 0 unspecified atom stereocenters. The van der Waals surface area contributed by atoms with Crippen LogP contribution in [-0.2, 0) is 16.1 Å². The molecule has 3 heterocycles. The second kappa shape index (κ2) is 7.55. The van der Waals surface area contributed by atoms with Crippen molar-refractivity contribution in [3.63, 3.8) is 0 Å². The fraction of sp³-hybridized carbons (Fsp3) is 0.476. The standard InChI is InChI=1S/C21H26N4O2/c26-19(7-4-11-24-14-10-22-16-24)25-12-8-21(9-13-25)15-18(20(27)23-21)17-5-2-1-3-6-17/h1-3,5-6,10,14,16,18H,4,7-9,11-13,15H2,(H,23,27)/t18-/m1/s1. The zero-order chi connectivity index (χ0) is 18.7. The number of benzene rings is 1. The van der Waals surface area contributed by atoms with E-state index in [1.54, 1.807) is 12.5 Å². The second-order valence-electron chi connectivity index (χ2n) is 7.72. The van der Waals surface area contributed by atoms with E-state index in [2.05, 4.69) is 10.3 Å². The van der Waals surface area contributed by atoms with E-state index in [-0.39, 0.29) is 23.3 Å². The van der Waals surface area contributed by atoms with Crippen molar-refractivity contribution in [3.05, 3.63) is 54.6 Å². The third-order valence-corrected chi connectivity index (χ3v) is 5.94. The Morgan fingerprint density at radius 2 is 2.00 bits per heavy atom. The molecule has 2 aliphatic rings. The molecule has 2 aliphatic heterocycles. The van der Waals surface area contributed by atoms with Gasteiger partial charge in [-0.2, -0.15) is 0 Å². The zero-order valence-electron chi connectivity index (χ0n) is 15.5. The monoisotopic (exact) mass is 366 g/mol. The Morgan fingerprint density at radius 1 is 1.22 bits per heavy atom. The summed E-state index contributed by atoms with van der Waals surface area (Å²) in [4.78, 5) is 31.0. The first-order chi connectivity index (χ1) is 13.2. The molecule has 142 valence electrons. The maximum Gasteiger partial charge on any atom is 0.228 e. The lowest BCUT2D eigenvalue weighted by Crippen LogP contribution is -2.52. The summed E-state index contributed by atoms with van der Waals surface area (Å²) in [5.74, 6) is 0.277. The Hall–Kier alpha value is -2.63. The third kappa shape index (κ3) is 3.89. The molecule has 1 atom stereocenters. The molecule has 2 amide bonds. The van der Waals surface area contributed by atoms with Crippen LogP contribution in [0.25, 0.3) is 0 Å². The van der Waals surface area contributed by atoms with Gasteiger partial charge in [0.2, 0.25) is 11.8 Å². The molecule has 0 bridgehead atoms. The zero-order valence-corrected chi connectivity index (χ0v) is 15.5. The van der Waals surface area contributed by atoms with Crippen LogP contribution >= 0.6 is 0 Å². The Kier molecular flexibility index (Phi) is 4.97. The van der Waals surface area contributed by atoms with E-state index in [1.807, 2.05) is 46.0 Å². The van der Waals surface area contributed by atoms with E-state index in [1.165, 1.54) is 0 Å². The van der Waals surface area contributed by atoms with Crippen molar-refractivity contribution in [2.45, 2.75) is 50.1 Å². The predicted molar refractivity (Wildman–Crippen MR) is 102 cm³/mol. The minimum atomic E-state index is -0.148. The summed E-state index contributed by atoms with van der Waals surface area (Å²) < 4.78 is 2.00. The molecule has 0 saturated carbocycles. The summed E-state index contributed by atoms with van der Waals surface area (Å²) in [6.45, 7) is 2.27. The highest BCUT2D eigenvalue weighted by Gasteiger charge is 2.46. The number of aromatic nitrogens is 2. The number of imidazole rings is 1. The molecule has 1 aromatic heterocycles. The molecule has 1 spiro atoms. The predicted octanol–water partition coefficient (Wildman–Crippen LogP) is 2.33. The molecule has 2 saturated heterocycles. The first-order valence-electron chi connectivity index (χ1n) is 9.76. The average molecular weight is 366 g/mol. The fourth-order valence-electron chi connectivity index (χ4n) is 4.34. The number of nitrogens with zero attached hydrogens (tertiary/aromatic N) is 3. The minimum Gasteiger partial charge on any atom is -0.350 e. The molecule has 1 N–H and O–H groups in total. The van der Waals surface area contributed by atoms with Gasteiger partial charge in [0.15, 0.2) is 0 Å². The number of nitrogens with one attached hydrogen (secondary N) is 1. The molecule has 0 radical (unpaired) electrons. The molecule has 27 heavy (non-hydrogen) atoms. The van der Waals surface area contributed by atoms with Crippen molar-refractivity contribution in [1.29, 1.82) is 0 Å². The Bertz CT molecular complexity index is 780. The van der Waals surface area contributed by atoms with E-state index in [0.717, 1.165) is 50.9 Å². The van der Waals surface area contributed by atoms with E-state index in [4.69, 9.17) is 0 Å². The van der Waals surface area contributed by atoms with Gasteiger partial charge < -0.3 is 14.8 Å². The van der Waals surface area contributed by atoms with Crippen molar-refractivity contribution in [2.24, 2.45) is 0 Å². The van der Waals surface area contributed by atoms with Gasteiger partial charge in [-0.3, -0.25) is 9.59 Å². The SMILES string of the molecule is O=C1NC2(CCN(C(=O)CCCn3ccnc3)CC2)C[C@@H]1c1ccccc1. The molecule has 4 rings (SSSR count). The van der Waals surface area contributed by atoms with Crippen molar-refractivity contribution < 1.29 is 9.59 Å². The average Bonchev–Trinajstić information content (AvgIpc) is 3.31. The minimum absolute atomic E-state index is 0.0661. The first-order valence-corrected chi connectivity index (χ1v) is 9.76. The molecular weight excluding hydrogens is 340 g/mol. The first kappa shape index (κ1) is 17.8. The van der Waals surface area contributed by atoms with Gasteiger partial charge >= 0.3 is 0 Å². The van der Waals surface area contributed by atoms with Crippen LogP contribution < -0.4 is 5.32 Å². The number of hydrogen-bond donors (Lipinski definition) is 1. The summed E-state index contributed by atoms with van der Waals surface area (Å²) in [6, 6.07) is 10.0. The molecule has 0 aliphatic carbocycles. The van der Waals surface area contributed by atoms with Crippen LogP contribution in [0, 0.1) is 0 Å². The quantitative estimate of drug-likeness (QED) is 0.883. The number of aryl methyl sites for hydroxylation is 1. The lowest BCUT2D eigenvalue weighted by molar-refractivity contribution is -0.133. The normalized spacial score (nSPS) is 21.4. The van der Waals surface area contributed by atoms with Gasteiger partial charge in [-0.15, -0.1) is 0 Å². The highest BCUT2D eigenvalue weighted by molar-refractivity contribution is 5.87. The smallest absolute Gasteiger partial charge is 0.228 e. The van der Waals surface area contributed by atoms with Crippen LogP contribution in [0.5, 0.6) is 0 Å². The number of carbonyl (C=O) groups excluding carboxylic acids is 2. The summed E-state index contributed by atoms with van der Waals surface area (Å²) in [5.41, 5.74) is 0.940. The third-order valence-electron chi connectivity index (χ3n) is 5.94. The summed E-state index contributed by atoms with van der Waals surface area (Å²) in [7, 11) is 0.